The van der Waals surface area contributed by atoms with Crippen molar-refractivity contribution >= 4 is 38.5 Å². The molecule has 3 heterocycles. The highest BCUT2D eigenvalue weighted by Gasteiger charge is 2.34. The maximum atomic E-state index is 13.0. The summed E-state index contributed by atoms with van der Waals surface area (Å²) < 4.78 is 33.3. The highest BCUT2D eigenvalue weighted by atomic mass is 32.2. The van der Waals surface area contributed by atoms with E-state index in [1.807, 2.05) is 58.3 Å². The molecular weight excluding hydrogens is 434 g/mol. The van der Waals surface area contributed by atoms with Crippen LogP contribution < -0.4 is 9.64 Å². The van der Waals surface area contributed by atoms with Gasteiger partial charge in [0.15, 0.2) is 5.17 Å². The molecule has 0 unspecified atom stereocenters. The van der Waals surface area contributed by atoms with Crippen molar-refractivity contribution in [2.45, 2.75) is 17.7 Å². The highest BCUT2D eigenvalue weighted by Crippen LogP contribution is 2.42. The van der Waals surface area contributed by atoms with Crippen LogP contribution in [0.15, 0.2) is 57.8 Å². The van der Waals surface area contributed by atoms with E-state index in [2.05, 4.69) is 4.40 Å². The number of amides is 1. The molecule has 0 spiro atoms. The van der Waals surface area contributed by atoms with Crippen LogP contribution in [0.4, 0.5) is 5.69 Å². The van der Waals surface area contributed by atoms with Gasteiger partial charge in [0.05, 0.1) is 18.0 Å². The fourth-order valence-electron chi connectivity index (χ4n) is 4.08. The summed E-state index contributed by atoms with van der Waals surface area (Å²) in [5.41, 5.74) is 1.56. The summed E-state index contributed by atoms with van der Waals surface area (Å²) in [7, 11) is -3.39. The predicted molar refractivity (Wildman–Crippen MR) is 121 cm³/mol. The number of para-hydroxylation sites is 1. The number of rotatable bonds is 4. The van der Waals surface area contributed by atoms with E-state index in [0.29, 0.717) is 42.9 Å². The van der Waals surface area contributed by atoms with Gasteiger partial charge in [0, 0.05) is 30.1 Å². The summed E-state index contributed by atoms with van der Waals surface area (Å²) in [6, 6.07) is 15.4. The highest BCUT2D eigenvalue weighted by molar-refractivity contribution is 8.15. The molecule has 3 aliphatic rings. The molecular formula is C22H23N3O4S2. The first-order valence-electron chi connectivity index (χ1n) is 10.4. The second-order valence-corrected chi connectivity index (χ2v) is 10.7. The molecule has 2 aromatic rings. The Kier molecular flexibility index (Phi) is 5.39. The molecule has 31 heavy (non-hydrogen) atoms. The maximum absolute atomic E-state index is 13.0. The standard InChI is InChI=1S/C22H23N3O4S2/c26-21(24-10-8-16(9-11-24)15-29-18-4-2-1-3-5-18)17-6-7-19-20(14-17)30-22-23-31(27,28)13-12-25(19)22/h1-7,14,16H,8-13,15H2. The minimum atomic E-state index is -3.39. The van der Waals surface area contributed by atoms with Crippen molar-refractivity contribution in [3.05, 3.63) is 54.1 Å². The largest absolute Gasteiger partial charge is 0.493 e. The normalized spacial score (nSPS) is 20.1. The second kappa shape index (κ2) is 8.20. The van der Waals surface area contributed by atoms with Gasteiger partial charge in [-0.25, -0.2) is 8.42 Å². The van der Waals surface area contributed by atoms with E-state index >= 15 is 0 Å². The molecule has 0 saturated carbocycles. The van der Waals surface area contributed by atoms with E-state index in [0.717, 1.165) is 29.2 Å². The Bertz CT molecular complexity index is 1130. The van der Waals surface area contributed by atoms with Crippen LogP contribution in [-0.4, -0.2) is 56.4 Å². The number of carbonyl (C=O) groups is 1. The number of piperidine rings is 1. The first-order valence-corrected chi connectivity index (χ1v) is 12.8. The van der Waals surface area contributed by atoms with Crippen molar-refractivity contribution < 1.29 is 17.9 Å². The Morgan fingerprint density at radius 1 is 1.10 bits per heavy atom. The number of sulfonamides is 1. The van der Waals surface area contributed by atoms with E-state index in [1.165, 1.54) is 11.8 Å². The molecule has 0 radical (unpaired) electrons. The van der Waals surface area contributed by atoms with Crippen LogP contribution >= 0.6 is 11.8 Å². The topological polar surface area (TPSA) is 79.3 Å². The summed E-state index contributed by atoms with van der Waals surface area (Å²) in [5.74, 6) is 1.35. The third-order valence-corrected chi connectivity index (χ3v) is 8.16. The van der Waals surface area contributed by atoms with Gasteiger partial charge in [0.1, 0.15) is 5.75 Å². The smallest absolute Gasteiger partial charge is 0.257 e. The number of amidine groups is 1. The van der Waals surface area contributed by atoms with Gasteiger partial charge in [0.25, 0.3) is 15.9 Å². The Balaban J connectivity index is 1.21. The zero-order valence-corrected chi connectivity index (χ0v) is 18.6. The Morgan fingerprint density at radius 2 is 1.87 bits per heavy atom. The first-order chi connectivity index (χ1) is 15.0. The number of benzene rings is 2. The third kappa shape index (κ3) is 4.29. The molecule has 0 N–H and O–H groups in total. The lowest BCUT2D eigenvalue weighted by atomic mass is 9.97. The van der Waals surface area contributed by atoms with Crippen LogP contribution in [0.3, 0.4) is 0 Å². The van der Waals surface area contributed by atoms with Crippen LogP contribution in [0.1, 0.15) is 23.2 Å². The lowest BCUT2D eigenvalue weighted by molar-refractivity contribution is 0.0661. The minimum Gasteiger partial charge on any atom is -0.493 e. The molecule has 9 heteroatoms. The van der Waals surface area contributed by atoms with E-state index < -0.39 is 10.0 Å². The van der Waals surface area contributed by atoms with Crippen LogP contribution in [0.25, 0.3) is 0 Å². The van der Waals surface area contributed by atoms with Gasteiger partial charge in [-0.2, -0.15) is 0 Å². The Labute approximate surface area is 186 Å². The Hall–Kier alpha value is -2.52. The number of hydrogen-bond donors (Lipinski definition) is 0. The van der Waals surface area contributed by atoms with Gasteiger partial charge < -0.3 is 14.5 Å². The summed E-state index contributed by atoms with van der Waals surface area (Å²) in [4.78, 5) is 17.7. The number of hydrogen-bond acceptors (Lipinski definition) is 6. The van der Waals surface area contributed by atoms with Gasteiger partial charge in [-0.15, -0.1) is 4.40 Å². The molecule has 0 bridgehead atoms. The molecule has 1 amide bonds. The zero-order valence-electron chi connectivity index (χ0n) is 16.9. The van der Waals surface area contributed by atoms with Gasteiger partial charge in [-0.1, -0.05) is 18.2 Å². The molecule has 0 aliphatic carbocycles. The minimum absolute atomic E-state index is 0.0140. The SMILES string of the molecule is O=C(c1ccc2c(c1)SC1=NS(=O)(=O)CCN12)N1CCC(COc2ccccc2)CC1. The zero-order chi connectivity index (χ0) is 21.4. The summed E-state index contributed by atoms with van der Waals surface area (Å²) >= 11 is 1.31. The average molecular weight is 458 g/mol. The third-order valence-electron chi connectivity index (χ3n) is 5.85. The van der Waals surface area contributed by atoms with Gasteiger partial charge in [-0.3, -0.25) is 4.79 Å². The van der Waals surface area contributed by atoms with Crippen molar-refractivity contribution in [3.63, 3.8) is 0 Å². The lowest BCUT2D eigenvalue weighted by Crippen LogP contribution is -2.39. The molecule has 0 aromatic heterocycles. The van der Waals surface area contributed by atoms with E-state index in [-0.39, 0.29) is 11.7 Å². The predicted octanol–water partition coefficient (Wildman–Crippen LogP) is 3.23. The molecule has 0 atom stereocenters. The summed E-state index contributed by atoms with van der Waals surface area (Å²) in [6.07, 6.45) is 1.83. The lowest BCUT2D eigenvalue weighted by Gasteiger charge is -2.32. The number of ether oxygens (including phenoxy) is 1. The summed E-state index contributed by atoms with van der Waals surface area (Å²) in [5, 5.41) is 0.477. The molecule has 2 aromatic carbocycles. The van der Waals surface area contributed by atoms with Crippen molar-refractivity contribution in [3.8, 4) is 5.75 Å². The van der Waals surface area contributed by atoms with Gasteiger partial charge >= 0.3 is 0 Å². The number of nitrogens with zero attached hydrogens (tertiary/aromatic N) is 3. The van der Waals surface area contributed by atoms with E-state index in [9.17, 15) is 13.2 Å². The van der Waals surface area contributed by atoms with Crippen LogP contribution in [0.5, 0.6) is 5.75 Å². The van der Waals surface area contributed by atoms with Crippen molar-refractivity contribution in [1.82, 2.24) is 4.90 Å². The van der Waals surface area contributed by atoms with E-state index in [1.54, 1.807) is 0 Å². The fourth-order valence-corrected chi connectivity index (χ4v) is 6.38. The van der Waals surface area contributed by atoms with Crippen molar-refractivity contribution in [1.29, 1.82) is 0 Å². The quantitative estimate of drug-likeness (QED) is 0.701. The van der Waals surface area contributed by atoms with Crippen LogP contribution in [0.2, 0.25) is 0 Å². The van der Waals surface area contributed by atoms with Crippen molar-refractivity contribution in [2.24, 2.45) is 10.3 Å². The number of carbonyl (C=O) groups excluding carboxylic acids is 1. The number of fused-ring (bicyclic) bond motifs is 3. The Morgan fingerprint density at radius 3 is 2.65 bits per heavy atom. The number of thioether (sulfide) groups is 1. The van der Waals surface area contributed by atoms with E-state index in [4.69, 9.17) is 4.74 Å². The number of anilines is 1. The summed E-state index contributed by atoms with van der Waals surface area (Å²) in [6.45, 7) is 2.49. The molecule has 162 valence electrons. The van der Waals surface area contributed by atoms with Gasteiger partial charge in [0.2, 0.25) is 0 Å². The maximum Gasteiger partial charge on any atom is 0.257 e. The number of likely N-dealkylation sites (tertiary alicyclic amines) is 1. The molecule has 1 saturated heterocycles. The molecule has 1 fully saturated rings. The monoisotopic (exact) mass is 457 g/mol. The van der Waals surface area contributed by atoms with Crippen molar-refractivity contribution in [2.75, 3.05) is 36.9 Å². The average Bonchev–Trinajstić information content (AvgIpc) is 3.13. The van der Waals surface area contributed by atoms with Crippen LogP contribution in [0, 0.1) is 5.92 Å². The first kappa shape index (κ1) is 20.4. The molecule has 3 aliphatic heterocycles. The van der Waals surface area contributed by atoms with Crippen LogP contribution in [-0.2, 0) is 10.0 Å². The second-order valence-electron chi connectivity index (χ2n) is 7.96. The molecule has 5 rings (SSSR count). The fraction of sp³-hybridized carbons (Fsp3) is 0.364. The molecule has 7 nitrogen and oxygen atoms in total. The van der Waals surface area contributed by atoms with Gasteiger partial charge in [-0.05, 0) is 60.9 Å².